The molecular weight excluding hydrogens is 372 g/mol. The third-order valence-corrected chi connectivity index (χ3v) is 8.24. The molecule has 3 rings (SSSR count). The number of sulfonamides is 1. The van der Waals surface area contributed by atoms with E-state index in [0.29, 0.717) is 14.9 Å². The summed E-state index contributed by atoms with van der Waals surface area (Å²) in [4.78, 5) is 2.38. The highest BCUT2D eigenvalue weighted by Crippen LogP contribution is 2.35. The van der Waals surface area contributed by atoms with Gasteiger partial charge in [-0.15, -0.1) is 11.3 Å². The van der Waals surface area contributed by atoms with Crippen LogP contribution in [0.3, 0.4) is 0 Å². The highest BCUT2D eigenvalue weighted by molar-refractivity contribution is 9.11. The summed E-state index contributed by atoms with van der Waals surface area (Å²) >= 11 is 10.3. The Morgan fingerprint density at radius 3 is 2.89 bits per heavy atom. The molecule has 0 saturated carbocycles. The number of nitrogens with zero attached hydrogens (tertiary/aromatic N) is 1. The summed E-state index contributed by atoms with van der Waals surface area (Å²) in [6.07, 6.45) is 3.14. The first-order valence-corrected chi connectivity index (χ1v) is 9.65. The number of halogens is 2. The van der Waals surface area contributed by atoms with Crippen LogP contribution in [0.1, 0.15) is 19.3 Å². The number of rotatable bonds is 3. The lowest BCUT2D eigenvalue weighted by Gasteiger charge is -2.20. The second kappa shape index (κ2) is 5.27. The van der Waals surface area contributed by atoms with E-state index in [2.05, 4.69) is 25.6 Å². The summed E-state index contributed by atoms with van der Waals surface area (Å²) in [6.45, 7) is 2.09. The Balaban J connectivity index is 1.78. The molecule has 3 heterocycles. The molecule has 8 heteroatoms. The van der Waals surface area contributed by atoms with Crippen molar-refractivity contribution in [2.24, 2.45) is 0 Å². The molecule has 1 aromatic rings. The van der Waals surface area contributed by atoms with Crippen molar-refractivity contribution in [3.8, 4) is 0 Å². The van der Waals surface area contributed by atoms with E-state index in [9.17, 15) is 8.42 Å². The normalized spacial score (nSPS) is 27.9. The average molecular weight is 386 g/mol. The Kier molecular flexibility index (Phi) is 3.96. The smallest absolute Gasteiger partial charge is 0.250 e. The fraction of sp³-hybridized carbons (Fsp3) is 0.636. The molecule has 0 aliphatic carbocycles. The van der Waals surface area contributed by atoms with Crippen molar-refractivity contribution in [3.63, 3.8) is 0 Å². The van der Waals surface area contributed by atoms with Gasteiger partial charge in [0.05, 0.1) is 8.81 Å². The predicted molar refractivity (Wildman–Crippen MR) is 80.4 cm³/mol. The van der Waals surface area contributed by atoms with Crippen molar-refractivity contribution < 1.29 is 8.42 Å². The minimum Gasteiger partial charge on any atom is -0.299 e. The van der Waals surface area contributed by atoms with Crippen molar-refractivity contribution in [2.75, 3.05) is 13.1 Å². The number of fused-ring (bicyclic) bond motifs is 1. The summed E-state index contributed by atoms with van der Waals surface area (Å²) in [6, 6.07) is 1.90. The van der Waals surface area contributed by atoms with Gasteiger partial charge in [0.1, 0.15) is 4.21 Å². The van der Waals surface area contributed by atoms with Gasteiger partial charge >= 0.3 is 0 Å². The first-order valence-electron chi connectivity index (χ1n) is 6.18. The van der Waals surface area contributed by atoms with Crippen LogP contribution < -0.4 is 4.72 Å². The molecule has 2 aliphatic rings. The molecule has 0 amide bonds. The van der Waals surface area contributed by atoms with Crippen LogP contribution in [-0.2, 0) is 10.0 Å². The van der Waals surface area contributed by atoms with E-state index >= 15 is 0 Å². The Bertz CT molecular complexity index is 570. The fourth-order valence-corrected chi connectivity index (χ4v) is 6.66. The van der Waals surface area contributed by atoms with Gasteiger partial charge in [-0.25, -0.2) is 13.1 Å². The SMILES string of the molecule is O=S(=O)(NC1CCN2CCCC12)c1cc(Cl)c(Br)s1. The summed E-state index contributed by atoms with van der Waals surface area (Å²) in [7, 11) is -3.46. The molecule has 0 spiro atoms. The Morgan fingerprint density at radius 1 is 1.42 bits per heavy atom. The lowest BCUT2D eigenvalue weighted by atomic mass is 10.1. The molecule has 2 saturated heterocycles. The average Bonchev–Trinajstić information content (AvgIpc) is 2.99. The third kappa shape index (κ3) is 2.73. The molecule has 0 bridgehead atoms. The zero-order valence-electron chi connectivity index (χ0n) is 10.1. The van der Waals surface area contributed by atoms with Gasteiger partial charge in [-0.3, -0.25) is 4.90 Å². The van der Waals surface area contributed by atoms with E-state index in [4.69, 9.17) is 11.6 Å². The largest absolute Gasteiger partial charge is 0.299 e. The van der Waals surface area contributed by atoms with Crippen LogP contribution in [0.4, 0.5) is 0 Å². The molecular formula is C11H14BrClN2O2S2. The van der Waals surface area contributed by atoms with Crippen LogP contribution in [0.2, 0.25) is 5.02 Å². The molecule has 0 aromatic carbocycles. The summed E-state index contributed by atoms with van der Waals surface area (Å²) in [5.41, 5.74) is 0. The zero-order chi connectivity index (χ0) is 13.6. The lowest BCUT2D eigenvalue weighted by molar-refractivity contribution is 0.309. The highest BCUT2D eigenvalue weighted by Gasteiger charge is 2.39. The molecule has 1 aromatic heterocycles. The second-order valence-electron chi connectivity index (χ2n) is 4.95. The Hall–Kier alpha value is 0.340. The number of thiophene rings is 1. The molecule has 2 fully saturated rings. The van der Waals surface area contributed by atoms with Crippen LogP contribution in [0.5, 0.6) is 0 Å². The molecule has 0 radical (unpaired) electrons. The predicted octanol–water partition coefficient (Wildman–Crippen LogP) is 2.68. The van der Waals surface area contributed by atoms with Crippen molar-refractivity contribution in [2.45, 2.75) is 35.6 Å². The van der Waals surface area contributed by atoms with Gasteiger partial charge < -0.3 is 0 Å². The summed E-state index contributed by atoms with van der Waals surface area (Å²) < 4.78 is 28.5. The zero-order valence-corrected chi connectivity index (χ0v) is 14.1. The second-order valence-corrected chi connectivity index (χ2v) is 9.67. The number of hydrogen-bond acceptors (Lipinski definition) is 4. The van der Waals surface area contributed by atoms with E-state index in [1.54, 1.807) is 0 Å². The molecule has 2 aliphatic heterocycles. The van der Waals surface area contributed by atoms with Crippen LogP contribution >= 0.6 is 38.9 Å². The number of hydrogen-bond donors (Lipinski definition) is 1. The fourth-order valence-electron chi connectivity index (χ4n) is 2.94. The van der Waals surface area contributed by atoms with E-state index < -0.39 is 10.0 Å². The van der Waals surface area contributed by atoms with Gasteiger partial charge in [0.25, 0.3) is 0 Å². The molecule has 2 unspecified atom stereocenters. The van der Waals surface area contributed by atoms with Gasteiger partial charge in [0.2, 0.25) is 10.0 Å². The maximum absolute atomic E-state index is 12.3. The Labute approximate surface area is 130 Å². The van der Waals surface area contributed by atoms with Crippen LogP contribution in [-0.4, -0.2) is 38.5 Å². The van der Waals surface area contributed by atoms with Gasteiger partial charge in [-0.2, -0.15) is 0 Å². The van der Waals surface area contributed by atoms with E-state index in [-0.39, 0.29) is 10.3 Å². The van der Waals surface area contributed by atoms with Crippen LogP contribution in [0.15, 0.2) is 14.1 Å². The number of nitrogens with one attached hydrogen (secondary N) is 1. The van der Waals surface area contributed by atoms with Crippen molar-refractivity contribution >= 4 is 48.9 Å². The summed E-state index contributed by atoms with van der Waals surface area (Å²) in [5, 5.41) is 0.444. The molecule has 106 valence electrons. The molecule has 4 nitrogen and oxygen atoms in total. The first kappa shape index (κ1) is 14.3. The minimum atomic E-state index is -3.46. The third-order valence-electron chi connectivity index (χ3n) is 3.80. The highest BCUT2D eigenvalue weighted by atomic mass is 79.9. The topological polar surface area (TPSA) is 49.4 Å². The van der Waals surface area contributed by atoms with Gasteiger partial charge in [-0.05, 0) is 47.8 Å². The van der Waals surface area contributed by atoms with Gasteiger partial charge in [-0.1, -0.05) is 11.6 Å². The maximum Gasteiger partial charge on any atom is 0.250 e. The van der Waals surface area contributed by atoms with Crippen LogP contribution in [0, 0.1) is 0 Å². The van der Waals surface area contributed by atoms with E-state index in [0.717, 1.165) is 37.3 Å². The van der Waals surface area contributed by atoms with Crippen molar-refractivity contribution in [1.82, 2.24) is 9.62 Å². The summed E-state index contributed by atoms with van der Waals surface area (Å²) in [5.74, 6) is 0. The van der Waals surface area contributed by atoms with Crippen LogP contribution in [0.25, 0.3) is 0 Å². The Morgan fingerprint density at radius 2 is 2.21 bits per heavy atom. The van der Waals surface area contributed by atoms with Crippen molar-refractivity contribution in [1.29, 1.82) is 0 Å². The monoisotopic (exact) mass is 384 g/mol. The first-order chi connectivity index (χ1) is 8.97. The molecule has 2 atom stereocenters. The van der Waals surface area contributed by atoms with E-state index in [1.165, 1.54) is 12.5 Å². The molecule has 1 N–H and O–H groups in total. The van der Waals surface area contributed by atoms with Crippen molar-refractivity contribution in [3.05, 3.63) is 14.9 Å². The van der Waals surface area contributed by atoms with Gasteiger partial charge in [0, 0.05) is 18.6 Å². The quantitative estimate of drug-likeness (QED) is 0.870. The lowest BCUT2D eigenvalue weighted by Crippen LogP contribution is -2.42. The maximum atomic E-state index is 12.3. The molecule has 19 heavy (non-hydrogen) atoms. The van der Waals surface area contributed by atoms with Gasteiger partial charge in [0.15, 0.2) is 0 Å². The minimum absolute atomic E-state index is 0.0344. The van der Waals surface area contributed by atoms with E-state index in [1.807, 2.05) is 0 Å². The standard InChI is InChI=1S/C11H14BrClN2O2S2/c12-11-7(13)6-10(18-11)19(16,17)14-8-3-5-15-4-1-2-9(8)15/h6,8-9,14H,1-5H2.